The highest BCUT2D eigenvalue weighted by molar-refractivity contribution is 7.91. The number of para-hydroxylation sites is 2. The van der Waals surface area contributed by atoms with E-state index < -0.39 is 43.2 Å². The van der Waals surface area contributed by atoms with E-state index in [0.29, 0.717) is 11.4 Å². The lowest BCUT2D eigenvalue weighted by Gasteiger charge is -2.29. The first-order chi connectivity index (χ1) is 14.8. The van der Waals surface area contributed by atoms with Gasteiger partial charge in [-0.3, -0.25) is 9.59 Å². The highest BCUT2D eigenvalue weighted by Crippen LogP contribution is 2.32. The number of carbonyl (C=O) groups is 2. The van der Waals surface area contributed by atoms with Gasteiger partial charge in [0.2, 0.25) is 21.8 Å². The van der Waals surface area contributed by atoms with Gasteiger partial charge in [0.15, 0.2) is 9.84 Å². The summed E-state index contributed by atoms with van der Waals surface area (Å²) in [6, 6.07) is 9.59. The standard InChI is InChI=1S/C20H22ClN3O6S2/c1-13-10-19(25)22-16-6-4-5-7-17(16)24(13)20(26)12-23(2)32(29,30)18-11-14(31(3,27)28)8-9-15(18)21/h4-9,11,13H,10,12H2,1-3H3,(H,22,25)/t13-/m0/s1. The number of fused-ring (bicyclic) bond motifs is 1. The smallest absolute Gasteiger partial charge is 0.244 e. The Hall–Kier alpha value is -2.47. The van der Waals surface area contributed by atoms with Crippen molar-refractivity contribution in [2.45, 2.75) is 29.2 Å². The molecule has 0 spiro atoms. The number of hydrogen-bond donors (Lipinski definition) is 1. The number of sulfonamides is 1. The number of carbonyl (C=O) groups excluding carboxylic acids is 2. The Balaban J connectivity index is 1.94. The number of rotatable bonds is 5. The molecule has 2 amide bonds. The van der Waals surface area contributed by atoms with Crippen LogP contribution in [0.5, 0.6) is 0 Å². The number of halogens is 1. The van der Waals surface area contributed by atoms with Crippen LogP contribution >= 0.6 is 11.6 Å². The summed E-state index contributed by atoms with van der Waals surface area (Å²) in [4.78, 5) is 26.1. The minimum atomic E-state index is -4.29. The maximum absolute atomic E-state index is 13.2. The van der Waals surface area contributed by atoms with Crippen molar-refractivity contribution >= 4 is 54.7 Å². The van der Waals surface area contributed by atoms with Gasteiger partial charge in [-0.1, -0.05) is 23.7 Å². The van der Waals surface area contributed by atoms with Crippen LogP contribution in [0, 0.1) is 0 Å². The van der Waals surface area contributed by atoms with Crippen LogP contribution < -0.4 is 10.2 Å². The Morgan fingerprint density at radius 3 is 2.50 bits per heavy atom. The molecule has 32 heavy (non-hydrogen) atoms. The molecule has 1 heterocycles. The molecule has 0 saturated carbocycles. The second kappa shape index (κ2) is 8.81. The fraction of sp³-hybridized carbons (Fsp3) is 0.300. The van der Waals surface area contributed by atoms with Crippen molar-refractivity contribution in [3.8, 4) is 0 Å². The first-order valence-corrected chi connectivity index (χ1v) is 13.2. The predicted molar refractivity (Wildman–Crippen MR) is 121 cm³/mol. The van der Waals surface area contributed by atoms with Crippen molar-refractivity contribution in [3.63, 3.8) is 0 Å². The summed E-state index contributed by atoms with van der Waals surface area (Å²) < 4.78 is 50.7. The Bertz CT molecular complexity index is 1290. The monoisotopic (exact) mass is 499 g/mol. The third-order valence-corrected chi connectivity index (χ3v) is 8.40. The van der Waals surface area contributed by atoms with Gasteiger partial charge in [0, 0.05) is 25.8 Å². The zero-order chi connectivity index (χ0) is 23.8. The molecular formula is C20H22ClN3O6S2. The fourth-order valence-corrected chi connectivity index (χ4v) is 5.74. The molecular weight excluding hydrogens is 478 g/mol. The van der Waals surface area contributed by atoms with Crippen molar-refractivity contribution in [1.82, 2.24) is 4.31 Å². The second-order valence-electron chi connectivity index (χ2n) is 7.51. The number of likely N-dealkylation sites (N-methyl/N-ethyl adjacent to an activating group) is 1. The summed E-state index contributed by atoms with van der Waals surface area (Å²) in [7, 11) is -6.77. The SMILES string of the molecule is C[C@H]1CC(=O)Nc2ccccc2N1C(=O)CN(C)S(=O)(=O)c1cc(S(C)(=O)=O)ccc1Cl. The highest BCUT2D eigenvalue weighted by atomic mass is 35.5. The lowest BCUT2D eigenvalue weighted by Crippen LogP contribution is -2.45. The number of anilines is 2. The molecule has 2 aromatic carbocycles. The second-order valence-corrected chi connectivity index (χ2v) is 11.9. The number of hydrogen-bond acceptors (Lipinski definition) is 6. The average Bonchev–Trinajstić information content (AvgIpc) is 2.81. The minimum Gasteiger partial charge on any atom is -0.324 e. The average molecular weight is 500 g/mol. The third kappa shape index (κ3) is 4.80. The van der Waals surface area contributed by atoms with E-state index in [9.17, 15) is 26.4 Å². The Morgan fingerprint density at radius 2 is 1.84 bits per heavy atom. The minimum absolute atomic E-state index is 0.0408. The summed E-state index contributed by atoms with van der Waals surface area (Å²) in [6.07, 6.45) is 0.993. The van der Waals surface area contributed by atoms with Crippen LogP contribution in [0.1, 0.15) is 13.3 Å². The van der Waals surface area contributed by atoms with E-state index in [2.05, 4.69) is 5.32 Å². The number of benzene rings is 2. The number of nitrogens with zero attached hydrogens (tertiary/aromatic N) is 2. The number of amides is 2. The zero-order valence-corrected chi connectivity index (χ0v) is 20.0. The molecule has 2 aromatic rings. The van der Waals surface area contributed by atoms with Gasteiger partial charge in [0.25, 0.3) is 0 Å². The van der Waals surface area contributed by atoms with Gasteiger partial charge in [-0.25, -0.2) is 16.8 Å². The molecule has 1 aliphatic rings. The zero-order valence-electron chi connectivity index (χ0n) is 17.6. The molecule has 0 aromatic heterocycles. The Kier molecular flexibility index (Phi) is 6.66. The molecule has 1 atom stereocenters. The Labute approximate surface area is 191 Å². The molecule has 0 saturated heterocycles. The lowest BCUT2D eigenvalue weighted by atomic mass is 10.1. The van der Waals surface area contributed by atoms with Gasteiger partial charge in [0.1, 0.15) is 4.90 Å². The normalized spacial score (nSPS) is 17.0. The number of nitrogens with one attached hydrogen (secondary N) is 1. The molecule has 0 aliphatic carbocycles. The van der Waals surface area contributed by atoms with Crippen molar-refractivity contribution in [1.29, 1.82) is 0 Å². The van der Waals surface area contributed by atoms with E-state index in [1.807, 2.05) is 0 Å². The van der Waals surface area contributed by atoms with Crippen molar-refractivity contribution in [2.24, 2.45) is 0 Å². The van der Waals surface area contributed by atoms with Crippen LogP contribution in [0.25, 0.3) is 0 Å². The van der Waals surface area contributed by atoms with Gasteiger partial charge < -0.3 is 10.2 Å². The van der Waals surface area contributed by atoms with Crippen LogP contribution in [-0.4, -0.2) is 58.8 Å². The predicted octanol–water partition coefficient (Wildman–Crippen LogP) is 2.13. The van der Waals surface area contributed by atoms with Gasteiger partial charge in [0.05, 0.1) is 27.8 Å². The van der Waals surface area contributed by atoms with Crippen LogP contribution in [0.15, 0.2) is 52.3 Å². The molecule has 0 unspecified atom stereocenters. The first kappa shape index (κ1) is 24.2. The molecule has 172 valence electrons. The summed E-state index contributed by atoms with van der Waals surface area (Å²) >= 11 is 6.05. The number of sulfone groups is 1. The van der Waals surface area contributed by atoms with Crippen LogP contribution in [-0.2, 0) is 29.4 Å². The maximum Gasteiger partial charge on any atom is 0.244 e. The summed E-state index contributed by atoms with van der Waals surface area (Å²) in [6.45, 7) is 1.15. The van der Waals surface area contributed by atoms with Crippen molar-refractivity contribution in [3.05, 3.63) is 47.5 Å². The molecule has 0 fully saturated rings. The Morgan fingerprint density at radius 1 is 1.19 bits per heavy atom. The van der Waals surface area contributed by atoms with Crippen molar-refractivity contribution in [2.75, 3.05) is 30.1 Å². The van der Waals surface area contributed by atoms with E-state index in [1.165, 1.54) is 24.1 Å². The largest absolute Gasteiger partial charge is 0.324 e. The summed E-state index contributed by atoms with van der Waals surface area (Å²) in [5.74, 6) is -0.812. The first-order valence-electron chi connectivity index (χ1n) is 9.49. The van der Waals surface area contributed by atoms with E-state index in [-0.39, 0.29) is 22.2 Å². The van der Waals surface area contributed by atoms with Gasteiger partial charge in [-0.15, -0.1) is 0 Å². The molecule has 0 radical (unpaired) electrons. The van der Waals surface area contributed by atoms with Gasteiger partial charge >= 0.3 is 0 Å². The fourth-order valence-electron chi connectivity index (χ4n) is 3.40. The molecule has 9 nitrogen and oxygen atoms in total. The molecule has 3 rings (SSSR count). The molecule has 12 heteroatoms. The van der Waals surface area contributed by atoms with Crippen LogP contribution in [0.3, 0.4) is 0 Å². The summed E-state index contributed by atoms with van der Waals surface area (Å²) in [5.41, 5.74) is 0.906. The highest BCUT2D eigenvalue weighted by Gasteiger charge is 2.33. The molecule has 1 N–H and O–H groups in total. The third-order valence-electron chi connectivity index (χ3n) is 5.00. The van der Waals surface area contributed by atoms with Gasteiger partial charge in [-0.2, -0.15) is 4.31 Å². The van der Waals surface area contributed by atoms with Crippen LogP contribution in [0.2, 0.25) is 5.02 Å². The quantitative estimate of drug-likeness (QED) is 0.672. The van der Waals surface area contributed by atoms with E-state index in [1.54, 1.807) is 31.2 Å². The molecule has 0 bridgehead atoms. The molecule has 1 aliphatic heterocycles. The lowest BCUT2D eigenvalue weighted by molar-refractivity contribution is -0.119. The van der Waals surface area contributed by atoms with Gasteiger partial charge in [-0.05, 0) is 37.3 Å². The van der Waals surface area contributed by atoms with Crippen molar-refractivity contribution < 1.29 is 26.4 Å². The van der Waals surface area contributed by atoms with Crippen LogP contribution in [0.4, 0.5) is 11.4 Å². The van der Waals surface area contributed by atoms with E-state index in [0.717, 1.165) is 16.6 Å². The maximum atomic E-state index is 13.2. The van der Waals surface area contributed by atoms with E-state index in [4.69, 9.17) is 11.6 Å². The topological polar surface area (TPSA) is 121 Å². The summed E-state index contributed by atoms with van der Waals surface area (Å²) in [5, 5.41) is 2.57. The van der Waals surface area contributed by atoms with E-state index >= 15 is 0 Å².